The van der Waals surface area contributed by atoms with Crippen molar-refractivity contribution in [3.05, 3.63) is 0 Å². The lowest BCUT2D eigenvalue weighted by Crippen LogP contribution is -2.79. The number of fused-ring (bicyclic) bond motifs is 1. The van der Waals surface area contributed by atoms with Crippen LogP contribution >= 0.6 is 0 Å². The van der Waals surface area contributed by atoms with Gasteiger partial charge in [-0.05, 0) is 59.3 Å². The number of hydrogen-bond acceptors (Lipinski definition) is 6. The third kappa shape index (κ3) is 3.17. The van der Waals surface area contributed by atoms with Crippen LogP contribution < -0.4 is 10.6 Å². The summed E-state index contributed by atoms with van der Waals surface area (Å²) in [7, 11) is 1.34. The molecule has 0 aromatic heterocycles. The Morgan fingerprint density at radius 2 is 1.89 bits per heavy atom. The highest BCUT2D eigenvalue weighted by molar-refractivity contribution is 5.93. The minimum absolute atomic E-state index is 0.0463. The molecular weight excluding hydrogens is 350 g/mol. The minimum atomic E-state index is -0.847. The molecule has 5 atom stereocenters. The highest BCUT2D eigenvalue weighted by Crippen LogP contribution is 2.55. The first-order valence-electron chi connectivity index (χ1n) is 9.51. The third-order valence-corrected chi connectivity index (χ3v) is 5.97. The minimum Gasteiger partial charge on any atom is -0.467 e. The Kier molecular flexibility index (Phi) is 4.49. The van der Waals surface area contributed by atoms with Gasteiger partial charge >= 0.3 is 12.1 Å². The van der Waals surface area contributed by atoms with Crippen molar-refractivity contribution in [1.82, 2.24) is 15.5 Å². The Labute approximate surface area is 160 Å². The molecule has 2 heterocycles. The molecule has 8 nitrogen and oxygen atoms in total. The van der Waals surface area contributed by atoms with E-state index in [-0.39, 0.29) is 11.8 Å². The van der Waals surface area contributed by atoms with E-state index in [1.807, 2.05) is 13.8 Å². The van der Waals surface area contributed by atoms with Gasteiger partial charge in [-0.2, -0.15) is 0 Å². The Morgan fingerprint density at radius 3 is 2.44 bits per heavy atom. The van der Waals surface area contributed by atoms with Crippen LogP contribution in [0.2, 0.25) is 0 Å². The summed E-state index contributed by atoms with van der Waals surface area (Å²) < 4.78 is 10.3. The van der Waals surface area contributed by atoms with Crippen molar-refractivity contribution >= 4 is 18.0 Å². The molecule has 0 radical (unpaired) electrons. The van der Waals surface area contributed by atoms with E-state index in [1.54, 1.807) is 25.7 Å². The molecule has 1 saturated carbocycles. The molecule has 1 aliphatic carbocycles. The van der Waals surface area contributed by atoms with Crippen LogP contribution in [0.4, 0.5) is 4.79 Å². The fourth-order valence-electron chi connectivity index (χ4n) is 5.13. The molecule has 2 N–H and O–H groups in total. The van der Waals surface area contributed by atoms with Crippen LogP contribution in [-0.4, -0.2) is 58.9 Å². The van der Waals surface area contributed by atoms with Crippen LogP contribution in [-0.2, 0) is 19.1 Å². The highest BCUT2D eigenvalue weighted by atomic mass is 16.6. The van der Waals surface area contributed by atoms with Gasteiger partial charge in [-0.3, -0.25) is 10.1 Å². The van der Waals surface area contributed by atoms with E-state index in [4.69, 9.17) is 9.47 Å². The Hall–Kier alpha value is -1.83. The number of carbonyl (C=O) groups excluding carboxylic acids is 3. The summed E-state index contributed by atoms with van der Waals surface area (Å²) >= 11 is 0. The van der Waals surface area contributed by atoms with Crippen molar-refractivity contribution in [1.29, 1.82) is 0 Å². The second-order valence-electron chi connectivity index (χ2n) is 9.68. The van der Waals surface area contributed by atoms with Crippen LogP contribution in [0.25, 0.3) is 0 Å². The molecule has 1 spiro atoms. The van der Waals surface area contributed by atoms with Gasteiger partial charge in [0, 0.05) is 5.54 Å². The standard InChI is InChI=1S/C19H31N3O5/c1-10-8-19-9-11(10)12(15(24)26-7)22(19)14(23)13(18(5,6)21-19)20-16(25)27-17(2,3)4/h10-13,21H,8-9H2,1-7H3,(H,20,25)/t10?,11-,12+,13-,19-/m1/s1. The van der Waals surface area contributed by atoms with Crippen LogP contribution in [0, 0.1) is 11.8 Å². The summed E-state index contributed by atoms with van der Waals surface area (Å²) in [5.41, 5.74) is -1.93. The van der Waals surface area contributed by atoms with E-state index in [9.17, 15) is 14.4 Å². The first kappa shape index (κ1) is 19.9. The number of methoxy groups -OCH3 is 1. The van der Waals surface area contributed by atoms with Crippen LogP contribution in [0.3, 0.4) is 0 Å². The number of nitrogens with one attached hydrogen (secondary N) is 2. The van der Waals surface area contributed by atoms with Crippen LogP contribution in [0.1, 0.15) is 54.4 Å². The van der Waals surface area contributed by atoms with Crippen molar-refractivity contribution in [3.63, 3.8) is 0 Å². The number of carbonyl (C=O) groups is 3. The van der Waals surface area contributed by atoms with Gasteiger partial charge in [-0.15, -0.1) is 0 Å². The van der Waals surface area contributed by atoms with Gasteiger partial charge in [0.2, 0.25) is 5.91 Å². The van der Waals surface area contributed by atoms with Crippen molar-refractivity contribution in [2.75, 3.05) is 7.11 Å². The van der Waals surface area contributed by atoms with Crippen molar-refractivity contribution in [2.45, 2.75) is 83.3 Å². The maximum atomic E-state index is 13.5. The molecule has 8 heteroatoms. The normalized spacial score (nSPS) is 37.0. The summed E-state index contributed by atoms with van der Waals surface area (Å²) in [6.45, 7) is 11.2. The quantitative estimate of drug-likeness (QED) is 0.702. The van der Waals surface area contributed by atoms with E-state index in [2.05, 4.69) is 17.6 Å². The lowest BCUT2D eigenvalue weighted by Gasteiger charge is -2.55. The van der Waals surface area contributed by atoms with Gasteiger partial charge in [-0.25, -0.2) is 9.59 Å². The SMILES string of the molecule is COC(=O)[C@@H]1[C@@H]2C[C@]3(CC2C)NC(C)(C)[C@H](NC(=O)OC(C)(C)C)C(=O)N13. The van der Waals surface area contributed by atoms with E-state index in [0.717, 1.165) is 6.42 Å². The smallest absolute Gasteiger partial charge is 0.408 e. The van der Waals surface area contributed by atoms with Gasteiger partial charge in [0.25, 0.3) is 0 Å². The van der Waals surface area contributed by atoms with Crippen LogP contribution in [0.15, 0.2) is 0 Å². The molecule has 2 aliphatic heterocycles. The molecule has 2 amide bonds. The zero-order chi connectivity index (χ0) is 20.4. The molecule has 0 aromatic rings. The highest BCUT2D eigenvalue weighted by Gasteiger charge is 2.68. The van der Waals surface area contributed by atoms with Gasteiger partial charge < -0.3 is 19.7 Å². The van der Waals surface area contributed by atoms with Crippen molar-refractivity contribution < 1.29 is 23.9 Å². The largest absolute Gasteiger partial charge is 0.467 e. The first-order valence-corrected chi connectivity index (χ1v) is 9.51. The Morgan fingerprint density at radius 1 is 1.26 bits per heavy atom. The molecule has 2 bridgehead atoms. The second-order valence-corrected chi connectivity index (χ2v) is 9.68. The first-order chi connectivity index (χ1) is 12.3. The predicted octanol–water partition coefficient (Wildman–Crippen LogP) is 1.39. The number of nitrogens with zero attached hydrogens (tertiary/aromatic N) is 1. The van der Waals surface area contributed by atoms with Crippen LogP contribution in [0.5, 0.6) is 0 Å². The molecule has 2 saturated heterocycles. The van der Waals surface area contributed by atoms with Gasteiger partial charge in [-0.1, -0.05) is 6.92 Å². The van der Waals surface area contributed by atoms with Gasteiger partial charge in [0.1, 0.15) is 17.7 Å². The number of esters is 1. The molecular formula is C19H31N3O5. The number of hydrogen-bond donors (Lipinski definition) is 2. The second kappa shape index (κ2) is 6.09. The molecule has 3 fully saturated rings. The Balaban J connectivity index is 1.91. The topological polar surface area (TPSA) is 97.0 Å². The predicted molar refractivity (Wildman–Crippen MR) is 97.6 cm³/mol. The molecule has 0 aromatic carbocycles. The lowest BCUT2D eigenvalue weighted by atomic mass is 9.82. The molecule has 27 heavy (non-hydrogen) atoms. The third-order valence-electron chi connectivity index (χ3n) is 5.97. The average Bonchev–Trinajstić information content (AvgIpc) is 2.98. The summed E-state index contributed by atoms with van der Waals surface area (Å²) in [4.78, 5) is 39.9. The fourth-order valence-corrected chi connectivity index (χ4v) is 5.13. The molecule has 1 unspecified atom stereocenters. The van der Waals surface area contributed by atoms with Gasteiger partial charge in [0.05, 0.1) is 12.8 Å². The van der Waals surface area contributed by atoms with Crippen molar-refractivity contribution in [2.24, 2.45) is 11.8 Å². The Bertz CT molecular complexity index is 671. The molecule has 152 valence electrons. The van der Waals surface area contributed by atoms with E-state index in [0.29, 0.717) is 12.3 Å². The summed E-state index contributed by atoms with van der Waals surface area (Å²) in [6.07, 6.45) is 0.834. The lowest BCUT2D eigenvalue weighted by molar-refractivity contribution is -0.169. The van der Waals surface area contributed by atoms with E-state index in [1.165, 1.54) is 7.11 Å². The maximum Gasteiger partial charge on any atom is 0.408 e. The monoisotopic (exact) mass is 381 g/mol. The summed E-state index contributed by atoms with van der Waals surface area (Å²) in [5, 5.41) is 6.28. The zero-order valence-corrected chi connectivity index (χ0v) is 17.2. The van der Waals surface area contributed by atoms with Crippen molar-refractivity contribution in [3.8, 4) is 0 Å². The summed E-state index contributed by atoms with van der Waals surface area (Å²) in [5.74, 6) is -0.324. The number of ether oxygens (including phenoxy) is 2. The zero-order valence-electron chi connectivity index (χ0n) is 17.2. The average molecular weight is 381 g/mol. The number of alkyl carbamates (subject to hydrolysis) is 1. The molecule has 3 aliphatic rings. The number of amides is 2. The number of piperidine rings is 1. The summed E-state index contributed by atoms with van der Waals surface area (Å²) in [6, 6.07) is -1.47. The number of rotatable bonds is 2. The van der Waals surface area contributed by atoms with Gasteiger partial charge in [0.15, 0.2) is 0 Å². The maximum absolute atomic E-state index is 13.5. The fraction of sp³-hybridized carbons (Fsp3) is 0.842. The molecule has 3 rings (SSSR count). The van der Waals surface area contributed by atoms with E-state index < -0.39 is 40.9 Å². The van der Waals surface area contributed by atoms with E-state index >= 15 is 0 Å².